The van der Waals surface area contributed by atoms with Gasteiger partial charge >= 0.3 is 12.3 Å². The first-order chi connectivity index (χ1) is 18.3. The molecule has 1 N–H and O–H groups in total. The molecule has 0 aliphatic carbocycles. The molecule has 4 heterocycles. The van der Waals surface area contributed by atoms with Gasteiger partial charge in [-0.2, -0.15) is 23.3 Å². The number of hydrogen-bond donors (Lipinski definition) is 1. The lowest BCUT2D eigenvalue weighted by molar-refractivity contribution is -0.137. The van der Waals surface area contributed by atoms with Crippen LogP contribution in [0.25, 0.3) is 28.5 Å². The minimum atomic E-state index is -4.70. The summed E-state index contributed by atoms with van der Waals surface area (Å²) in [6, 6.07) is 3.45. The van der Waals surface area contributed by atoms with Gasteiger partial charge in [-0.25, -0.2) is 13.7 Å². The largest absolute Gasteiger partial charge is 0.444 e. The van der Waals surface area contributed by atoms with Gasteiger partial charge in [0.1, 0.15) is 22.6 Å². The number of piperidine rings is 1. The van der Waals surface area contributed by atoms with Gasteiger partial charge in [0, 0.05) is 25.1 Å². The number of likely N-dealkylation sites (tertiary alicyclic amines) is 1. The molecule has 0 unspecified atom stereocenters. The van der Waals surface area contributed by atoms with Crippen LogP contribution < -0.4 is 5.56 Å². The Balaban J connectivity index is 1.41. The summed E-state index contributed by atoms with van der Waals surface area (Å²) in [6.45, 7) is 6.27. The van der Waals surface area contributed by atoms with E-state index >= 15 is 0 Å². The van der Waals surface area contributed by atoms with Gasteiger partial charge in [-0.3, -0.25) is 4.79 Å². The van der Waals surface area contributed by atoms with Crippen molar-refractivity contribution in [2.24, 2.45) is 0 Å². The smallest absolute Gasteiger partial charge is 0.416 e. The van der Waals surface area contributed by atoms with E-state index in [1.807, 2.05) is 0 Å². The third kappa shape index (κ3) is 5.36. The van der Waals surface area contributed by atoms with Crippen LogP contribution >= 0.6 is 0 Å². The van der Waals surface area contributed by atoms with Gasteiger partial charge in [0.2, 0.25) is 5.82 Å². The van der Waals surface area contributed by atoms with E-state index in [0.29, 0.717) is 37.7 Å². The van der Waals surface area contributed by atoms with E-state index in [1.165, 1.54) is 16.8 Å². The first kappa shape index (κ1) is 26.4. The molecule has 0 saturated carbocycles. The van der Waals surface area contributed by atoms with Crippen molar-refractivity contribution < 1.29 is 31.6 Å². The van der Waals surface area contributed by atoms with Crippen molar-refractivity contribution in [1.29, 1.82) is 0 Å². The molecule has 0 atom stereocenters. The predicted octanol–water partition coefficient (Wildman–Crippen LogP) is 5.01. The molecule has 1 saturated heterocycles. The lowest BCUT2D eigenvalue weighted by atomic mass is 9.93. The Morgan fingerprint density at radius 3 is 2.49 bits per heavy atom. The summed E-state index contributed by atoms with van der Waals surface area (Å²) in [5, 5.41) is 8.07. The number of ether oxygens (including phenoxy) is 1. The second-order valence-corrected chi connectivity index (χ2v) is 10.2. The SMILES string of the molecule is CC(C)(C)OC(=O)N1CCC(c2cc(=O)[nH]c3c(-c4nc(-c5ccc(C(F)(F)F)cc5F)no4)cnn23)CC1. The van der Waals surface area contributed by atoms with Crippen LogP contribution in [0.4, 0.5) is 22.4 Å². The number of nitrogens with zero attached hydrogens (tertiary/aromatic N) is 5. The summed E-state index contributed by atoms with van der Waals surface area (Å²) >= 11 is 0. The van der Waals surface area contributed by atoms with Gasteiger partial charge in [0.05, 0.1) is 23.0 Å². The molecule has 0 radical (unpaired) electrons. The summed E-state index contributed by atoms with van der Waals surface area (Å²) in [7, 11) is 0. The number of fused-ring (bicyclic) bond motifs is 1. The molecule has 3 aromatic heterocycles. The fourth-order valence-corrected chi connectivity index (χ4v) is 4.46. The van der Waals surface area contributed by atoms with E-state index in [9.17, 15) is 27.2 Å². The zero-order chi connectivity index (χ0) is 28.1. The molecule has 4 aromatic rings. The van der Waals surface area contributed by atoms with Crippen molar-refractivity contribution in [1.82, 2.24) is 29.6 Å². The molecule has 10 nitrogen and oxygen atoms in total. The molecular formula is C25H24F4N6O4. The highest BCUT2D eigenvalue weighted by Gasteiger charge is 2.32. The number of carbonyl (C=O) groups is 1. The second-order valence-electron chi connectivity index (χ2n) is 10.2. The summed E-state index contributed by atoms with van der Waals surface area (Å²) in [5.74, 6) is -1.61. The number of aromatic nitrogens is 5. The van der Waals surface area contributed by atoms with E-state index in [-0.39, 0.29) is 34.4 Å². The molecule has 0 spiro atoms. The number of halogens is 4. The quantitative estimate of drug-likeness (QED) is 0.358. The third-order valence-electron chi connectivity index (χ3n) is 6.29. The monoisotopic (exact) mass is 548 g/mol. The van der Waals surface area contributed by atoms with E-state index in [1.54, 1.807) is 25.7 Å². The minimum absolute atomic E-state index is 0.0827. The van der Waals surface area contributed by atoms with Crippen molar-refractivity contribution in [2.75, 3.05) is 13.1 Å². The molecule has 1 aliphatic heterocycles. The molecule has 39 heavy (non-hydrogen) atoms. The highest BCUT2D eigenvalue weighted by Crippen LogP contribution is 2.34. The maximum absolute atomic E-state index is 14.4. The summed E-state index contributed by atoms with van der Waals surface area (Å²) in [5.41, 5.74) is -1.29. The number of hydrogen-bond acceptors (Lipinski definition) is 7. The number of nitrogens with one attached hydrogen (secondary N) is 1. The van der Waals surface area contributed by atoms with Crippen molar-refractivity contribution in [2.45, 2.75) is 51.3 Å². The molecule has 1 fully saturated rings. The second kappa shape index (κ2) is 9.50. The van der Waals surface area contributed by atoms with Crippen LogP contribution in [0.15, 0.2) is 39.8 Å². The summed E-state index contributed by atoms with van der Waals surface area (Å²) in [4.78, 5) is 33.4. The van der Waals surface area contributed by atoms with Gasteiger partial charge in [-0.15, -0.1) is 0 Å². The Kier molecular flexibility index (Phi) is 6.43. The van der Waals surface area contributed by atoms with Crippen LogP contribution in [0, 0.1) is 5.82 Å². The fraction of sp³-hybridized carbons (Fsp3) is 0.400. The first-order valence-electron chi connectivity index (χ1n) is 12.1. The van der Waals surface area contributed by atoms with Crippen molar-refractivity contribution in [3.8, 4) is 22.8 Å². The highest BCUT2D eigenvalue weighted by molar-refractivity contribution is 5.72. The number of carbonyl (C=O) groups excluding carboxylic acids is 1. The number of rotatable bonds is 3. The van der Waals surface area contributed by atoms with Crippen LogP contribution in [0.3, 0.4) is 0 Å². The zero-order valence-corrected chi connectivity index (χ0v) is 21.2. The van der Waals surface area contributed by atoms with E-state index < -0.39 is 34.8 Å². The number of aromatic amines is 1. The van der Waals surface area contributed by atoms with Crippen LogP contribution in [-0.2, 0) is 10.9 Å². The highest BCUT2D eigenvalue weighted by atomic mass is 19.4. The van der Waals surface area contributed by atoms with Gasteiger partial charge in [0.15, 0.2) is 0 Å². The first-order valence-corrected chi connectivity index (χ1v) is 12.1. The molecule has 1 aromatic carbocycles. The number of H-pyrrole nitrogens is 1. The van der Waals surface area contributed by atoms with Gasteiger partial charge in [-0.05, 0) is 51.8 Å². The Morgan fingerprint density at radius 1 is 1.13 bits per heavy atom. The molecule has 206 valence electrons. The van der Waals surface area contributed by atoms with Crippen LogP contribution in [0.2, 0.25) is 0 Å². The van der Waals surface area contributed by atoms with Gasteiger partial charge in [0.25, 0.3) is 11.4 Å². The Bertz CT molecular complexity index is 1590. The Hall–Kier alpha value is -4.23. The fourth-order valence-electron chi connectivity index (χ4n) is 4.46. The van der Waals surface area contributed by atoms with Crippen LogP contribution in [0.1, 0.15) is 50.8 Å². The van der Waals surface area contributed by atoms with Gasteiger partial charge in [-0.1, -0.05) is 5.16 Å². The molecule has 0 bridgehead atoms. The van der Waals surface area contributed by atoms with Crippen molar-refractivity contribution in [3.05, 3.63) is 57.9 Å². The number of alkyl halides is 3. The molecular weight excluding hydrogens is 524 g/mol. The zero-order valence-electron chi connectivity index (χ0n) is 21.2. The van der Waals surface area contributed by atoms with Crippen molar-refractivity contribution in [3.63, 3.8) is 0 Å². The lowest BCUT2D eigenvalue weighted by Gasteiger charge is -2.33. The summed E-state index contributed by atoms with van der Waals surface area (Å²) < 4.78 is 65.3. The normalized spacial score (nSPS) is 15.2. The minimum Gasteiger partial charge on any atom is -0.444 e. The Morgan fingerprint density at radius 2 is 1.85 bits per heavy atom. The maximum atomic E-state index is 14.4. The Labute approximate surface area is 218 Å². The topological polar surface area (TPSA) is 119 Å². The molecule has 14 heteroatoms. The molecule has 5 rings (SSSR count). The third-order valence-corrected chi connectivity index (χ3v) is 6.29. The average Bonchev–Trinajstić information content (AvgIpc) is 3.49. The lowest BCUT2D eigenvalue weighted by Crippen LogP contribution is -2.41. The van der Waals surface area contributed by atoms with E-state index in [2.05, 4.69) is 20.2 Å². The molecule has 1 aliphatic rings. The van der Waals surface area contributed by atoms with E-state index in [0.717, 1.165) is 12.1 Å². The van der Waals surface area contributed by atoms with Gasteiger partial charge < -0.3 is 19.1 Å². The number of amides is 1. The number of benzene rings is 1. The predicted molar refractivity (Wildman–Crippen MR) is 129 cm³/mol. The van der Waals surface area contributed by atoms with E-state index in [4.69, 9.17) is 9.26 Å². The van der Waals surface area contributed by atoms with Crippen LogP contribution in [0.5, 0.6) is 0 Å². The average molecular weight is 548 g/mol. The standard InChI is InChI=1S/C25H24F4N6O4/c1-24(2,3)38-23(37)34-8-6-13(7-9-34)18-11-19(36)31-21-16(12-30-35(18)21)22-32-20(33-39-22)15-5-4-14(10-17(15)26)25(27,28)29/h4-5,10-13H,6-9H2,1-3H3,(H,31,36). The summed E-state index contributed by atoms with van der Waals surface area (Å²) in [6.07, 6.45) is -2.55. The molecule has 1 amide bonds. The maximum Gasteiger partial charge on any atom is 0.416 e. The van der Waals surface area contributed by atoms with Crippen molar-refractivity contribution >= 4 is 11.7 Å². The van der Waals surface area contributed by atoms with Crippen LogP contribution in [-0.4, -0.2) is 54.4 Å².